The monoisotopic (exact) mass is 159 g/mol. The molecule has 1 aliphatic heterocycles. The van der Waals surface area contributed by atoms with E-state index in [4.69, 9.17) is 9.84 Å². The van der Waals surface area contributed by atoms with Gasteiger partial charge in [0.05, 0.1) is 6.61 Å². The molecule has 66 valence electrons. The van der Waals surface area contributed by atoms with Crippen molar-refractivity contribution in [3.63, 3.8) is 0 Å². The van der Waals surface area contributed by atoms with Crippen LogP contribution < -0.4 is 5.32 Å². The van der Waals surface area contributed by atoms with Crippen LogP contribution in [0, 0.1) is 0 Å². The Morgan fingerprint density at radius 3 is 2.82 bits per heavy atom. The van der Waals surface area contributed by atoms with Crippen LogP contribution in [0.25, 0.3) is 0 Å². The third-order valence-electron chi connectivity index (χ3n) is 1.91. The van der Waals surface area contributed by atoms with Gasteiger partial charge in [0.2, 0.25) is 0 Å². The minimum atomic E-state index is -0.167. The lowest BCUT2D eigenvalue weighted by Gasteiger charge is -2.17. The van der Waals surface area contributed by atoms with E-state index in [1.165, 1.54) is 0 Å². The molecule has 0 radical (unpaired) electrons. The fourth-order valence-corrected chi connectivity index (χ4v) is 1.38. The Hall–Kier alpha value is -0.120. The van der Waals surface area contributed by atoms with Crippen molar-refractivity contribution in [1.82, 2.24) is 5.32 Å². The van der Waals surface area contributed by atoms with E-state index in [0.29, 0.717) is 6.04 Å². The highest BCUT2D eigenvalue weighted by atomic mass is 16.5. The van der Waals surface area contributed by atoms with Gasteiger partial charge in [0.15, 0.2) is 0 Å². The molecule has 0 unspecified atom stereocenters. The summed E-state index contributed by atoms with van der Waals surface area (Å²) in [5.41, 5.74) is -0.167. The van der Waals surface area contributed by atoms with Gasteiger partial charge in [-0.05, 0) is 26.7 Å². The first-order valence-electron chi connectivity index (χ1n) is 4.16. The zero-order valence-corrected chi connectivity index (χ0v) is 7.26. The minimum Gasteiger partial charge on any atom is -0.396 e. The number of ether oxygens (including phenoxy) is 1. The molecule has 1 heterocycles. The van der Waals surface area contributed by atoms with Gasteiger partial charge in [0.25, 0.3) is 0 Å². The van der Waals surface area contributed by atoms with E-state index in [1.807, 2.05) is 13.8 Å². The highest BCUT2D eigenvalue weighted by Gasteiger charge is 2.29. The molecule has 0 saturated carbocycles. The molecule has 1 atom stereocenters. The molecule has 0 bridgehead atoms. The summed E-state index contributed by atoms with van der Waals surface area (Å²) in [7, 11) is 0. The minimum absolute atomic E-state index is 0.167. The van der Waals surface area contributed by atoms with Gasteiger partial charge in [0.1, 0.15) is 5.72 Å². The van der Waals surface area contributed by atoms with E-state index in [9.17, 15) is 0 Å². The number of hydrogen-bond donors (Lipinski definition) is 2. The van der Waals surface area contributed by atoms with Gasteiger partial charge in [-0.15, -0.1) is 0 Å². The smallest absolute Gasteiger partial charge is 0.113 e. The predicted molar refractivity (Wildman–Crippen MR) is 43.3 cm³/mol. The lowest BCUT2D eigenvalue weighted by molar-refractivity contribution is 0.0231. The van der Waals surface area contributed by atoms with E-state index < -0.39 is 0 Å². The molecule has 11 heavy (non-hydrogen) atoms. The molecular formula is C8H17NO2. The van der Waals surface area contributed by atoms with Gasteiger partial charge in [-0.25, -0.2) is 0 Å². The van der Waals surface area contributed by atoms with E-state index in [-0.39, 0.29) is 12.3 Å². The van der Waals surface area contributed by atoms with Crippen molar-refractivity contribution in [2.24, 2.45) is 0 Å². The van der Waals surface area contributed by atoms with Crippen molar-refractivity contribution in [3.05, 3.63) is 0 Å². The Balaban J connectivity index is 2.20. The van der Waals surface area contributed by atoms with Gasteiger partial charge in [0, 0.05) is 12.6 Å². The Kier molecular flexibility index (Phi) is 2.87. The van der Waals surface area contributed by atoms with Crippen LogP contribution in [0.2, 0.25) is 0 Å². The predicted octanol–water partition coefficient (Wildman–Crippen LogP) is 0.483. The second-order valence-corrected chi connectivity index (χ2v) is 3.53. The van der Waals surface area contributed by atoms with Crippen LogP contribution in [0.4, 0.5) is 0 Å². The van der Waals surface area contributed by atoms with Crippen molar-refractivity contribution in [2.45, 2.75) is 38.5 Å². The summed E-state index contributed by atoms with van der Waals surface area (Å²) in [4.78, 5) is 0. The lowest BCUT2D eigenvalue weighted by atomic mass is 10.2. The molecule has 2 N–H and O–H groups in total. The van der Waals surface area contributed by atoms with Crippen LogP contribution in [0.3, 0.4) is 0 Å². The zero-order chi connectivity index (χ0) is 8.32. The average Bonchev–Trinajstić information content (AvgIpc) is 2.26. The van der Waals surface area contributed by atoms with Crippen LogP contribution in [0.15, 0.2) is 0 Å². The largest absolute Gasteiger partial charge is 0.396 e. The van der Waals surface area contributed by atoms with Gasteiger partial charge < -0.3 is 9.84 Å². The summed E-state index contributed by atoms with van der Waals surface area (Å²) in [6, 6.07) is 0.428. The van der Waals surface area contributed by atoms with Crippen molar-refractivity contribution in [3.8, 4) is 0 Å². The number of aliphatic hydroxyl groups excluding tert-OH is 1. The highest BCUT2D eigenvalue weighted by Crippen LogP contribution is 2.16. The second kappa shape index (κ2) is 3.52. The summed E-state index contributed by atoms with van der Waals surface area (Å²) >= 11 is 0. The number of hydrogen-bond acceptors (Lipinski definition) is 3. The number of rotatable bonds is 3. The van der Waals surface area contributed by atoms with Gasteiger partial charge in [-0.2, -0.15) is 0 Å². The molecule has 0 aromatic rings. The van der Waals surface area contributed by atoms with E-state index in [1.54, 1.807) is 0 Å². The van der Waals surface area contributed by atoms with Crippen molar-refractivity contribution in [1.29, 1.82) is 0 Å². The maximum absolute atomic E-state index is 8.59. The molecule has 3 nitrogen and oxygen atoms in total. The topological polar surface area (TPSA) is 41.5 Å². The molecule has 1 fully saturated rings. The molecule has 1 saturated heterocycles. The van der Waals surface area contributed by atoms with Gasteiger partial charge in [-0.1, -0.05) is 0 Å². The Morgan fingerprint density at radius 1 is 1.64 bits per heavy atom. The highest BCUT2D eigenvalue weighted by molar-refractivity contribution is 4.81. The van der Waals surface area contributed by atoms with Crippen molar-refractivity contribution >= 4 is 0 Å². The third-order valence-corrected chi connectivity index (χ3v) is 1.91. The van der Waals surface area contributed by atoms with Crippen molar-refractivity contribution in [2.75, 3.05) is 13.2 Å². The average molecular weight is 159 g/mol. The molecular weight excluding hydrogens is 142 g/mol. The SMILES string of the molecule is CC1(C)N[C@@H](CCCO)CO1. The second-order valence-electron chi connectivity index (χ2n) is 3.53. The van der Waals surface area contributed by atoms with Gasteiger partial charge in [-0.3, -0.25) is 5.32 Å². The maximum atomic E-state index is 8.59. The van der Waals surface area contributed by atoms with E-state index >= 15 is 0 Å². The Labute approximate surface area is 67.7 Å². The molecule has 0 amide bonds. The molecule has 1 rings (SSSR count). The first-order valence-corrected chi connectivity index (χ1v) is 4.16. The quantitative estimate of drug-likeness (QED) is 0.629. The van der Waals surface area contributed by atoms with Crippen molar-refractivity contribution < 1.29 is 9.84 Å². The van der Waals surface area contributed by atoms with E-state index in [2.05, 4.69) is 5.32 Å². The first-order chi connectivity index (χ1) is 5.14. The normalized spacial score (nSPS) is 29.2. The summed E-state index contributed by atoms with van der Waals surface area (Å²) < 4.78 is 5.46. The molecule has 0 aliphatic carbocycles. The van der Waals surface area contributed by atoms with Crippen LogP contribution >= 0.6 is 0 Å². The molecule has 1 aliphatic rings. The number of aliphatic hydroxyl groups is 1. The Morgan fingerprint density at radius 2 is 2.36 bits per heavy atom. The molecule has 0 aromatic heterocycles. The molecule has 0 spiro atoms. The third kappa shape index (κ3) is 2.77. The van der Waals surface area contributed by atoms with Gasteiger partial charge >= 0.3 is 0 Å². The first kappa shape index (κ1) is 8.97. The fraction of sp³-hybridized carbons (Fsp3) is 1.00. The van der Waals surface area contributed by atoms with E-state index in [0.717, 1.165) is 19.4 Å². The zero-order valence-electron chi connectivity index (χ0n) is 7.26. The molecule has 0 aromatic carbocycles. The summed E-state index contributed by atoms with van der Waals surface area (Å²) in [5, 5.41) is 11.9. The number of nitrogens with one attached hydrogen (secondary N) is 1. The fourth-order valence-electron chi connectivity index (χ4n) is 1.38. The Bertz CT molecular complexity index is 125. The lowest BCUT2D eigenvalue weighted by Crippen LogP contribution is -2.38. The van der Waals surface area contributed by atoms with Crippen LogP contribution in [0.5, 0.6) is 0 Å². The summed E-state index contributed by atoms with van der Waals surface area (Å²) in [6.45, 7) is 5.09. The summed E-state index contributed by atoms with van der Waals surface area (Å²) in [6.07, 6.45) is 1.86. The standard InChI is InChI=1S/C8H17NO2/c1-8(2)9-7(6-11-8)4-3-5-10/h7,9-10H,3-6H2,1-2H3/t7-/m0/s1. The maximum Gasteiger partial charge on any atom is 0.113 e. The van der Waals surface area contributed by atoms with Crippen LogP contribution in [0.1, 0.15) is 26.7 Å². The van der Waals surface area contributed by atoms with Crippen LogP contribution in [-0.4, -0.2) is 30.1 Å². The summed E-state index contributed by atoms with van der Waals surface area (Å²) in [5.74, 6) is 0. The van der Waals surface area contributed by atoms with Crippen LogP contribution in [-0.2, 0) is 4.74 Å². The molecule has 3 heteroatoms.